The molecule has 0 radical (unpaired) electrons. The number of nitrogens with one attached hydrogen (secondary N) is 1. The molecule has 1 aliphatic carbocycles. The maximum Gasteiger partial charge on any atom is 0.287 e. The van der Waals surface area contributed by atoms with Gasteiger partial charge in [0.2, 0.25) is 0 Å². The van der Waals surface area contributed by atoms with Crippen molar-refractivity contribution >= 4 is 11.7 Å². The molecular weight excluding hydrogens is 318 g/mol. The lowest BCUT2D eigenvalue weighted by Gasteiger charge is -2.27. The molecule has 0 saturated carbocycles. The van der Waals surface area contributed by atoms with Gasteiger partial charge in [-0.2, -0.15) is 0 Å². The Morgan fingerprint density at radius 2 is 1.96 bits per heavy atom. The monoisotopic (exact) mass is 341 g/mol. The van der Waals surface area contributed by atoms with E-state index in [1.807, 2.05) is 44.2 Å². The number of furan rings is 1. The van der Waals surface area contributed by atoms with Crippen LogP contribution < -0.4 is 5.32 Å². The van der Waals surface area contributed by atoms with Gasteiger partial charge in [-0.3, -0.25) is 9.59 Å². The highest BCUT2D eigenvalue weighted by atomic mass is 16.4. The number of benzene rings is 1. The van der Waals surface area contributed by atoms with Crippen LogP contribution in [0.3, 0.4) is 0 Å². The number of carbonyl (C=O) groups excluding carboxylic acids is 2. The van der Waals surface area contributed by atoms with E-state index in [1.165, 1.54) is 0 Å². The normalized spacial score (nSPS) is 17.0. The van der Waals surface area contributed by atoms with E-state index in [-0.39, 0.29) is 23.6 Å². The molecule has 0 aliphatic heterocycles. The molecule has 5 nitrogen and oxygen atoms in total. The number of hydrogen-bond donors (Lipinski definition) is 2. The molecule has 1 unspecified atom stereocenters. The summed E-state index contributed by atoms with van der Waals surface area (Å²) < 4.78 is 5.77. The van der Waals surface area contributed by atoms with Crippen molar-refractivity contribution in [3.8, 4) is 0 Å². The Labute approximate surface area is 147 Å². The van der Waals surface area contributed by atoms with E-state index in [9.17, 15) is 14.7 Å². The van der Waals surface area contributed by atoms with Gasteiger partial charge in [-0.15, -0.1) is 0 Å². The Bertz CT molecular complexity index is 805. The molecule has 132 valence electrons. The maximum atomic E-state index is 12.7. The summed E-state index contributed by atoms with van der Waals surface area (Å²) in [5.74, 6) is 0.350. The zero-order chi connectivity index (χ0) is 18.2. The van der Waals surface area contributed by atoms with Crippen molar-refractivity contribution in [2.75, 3.05) is 6.61 Å². The van der Waals surface area contributed by atoms with Crippen LogP contribution in [0.25, 0.3) is 0 Å². The van der Waals surface area contributed by atoms with Gasteiger partial charge in [0.05, 0.1) is 18.2 Å². The van der Waals surface area contributed by atoms with Crippen molar-refractivity contribution in [1.29, 1.82) is 0 Å². The summed E-state index contributed by atoms with van der Waals surface area (Å²) in [6.45, 7) is 5.55. The number of ketones is 1. The van der Waals surface area contributed by atoms with Crippen LogP contribution in [0.5, 0.6) is 0 Å². The summed E-state index contributed by atoms with van der Waals surface area (Å²) in [6.07, 6.45) is 1.08. The van der Waals surface area contributed by atoms with Crippen molar-refractivity contribution < 1.29 is 19.1 Å². The molecule has 0 spiro atoms. The second kappa shape index (κ2) is 6.48. The number of aliphatic hydroxyl groups excluding tert-OH is 1. The number of fused-ring (bicyclic) bond motifs is 1. The largest absolute Gasteiger partial charge is 0.455 e. The van der Waals surface area contributed by atoms with Crippen molar-refractivity contribution in [3.05, 3.63) is 58.5 Å². The van der Waals surface area contributed by atoms with Gasteiger partial charge in [-0.1, -0.05) is 44.2 Å². The fraction of sp³-hybridized carbons (Fsp3) is 0.400. The van der Waals surface area contributed by atoms with E-state index in [4.69, 9.17) is 4.42 Å². The van der Waals surface area contributed by atoms with Crippen molar-refractivity contribution in [1.82, 2.24) is 5.32 Å². The Balaban J connectivity index is 1.87. The first-order valence-electron chi connectivity index (χ1n) is 8.44. The number of hydrogen-bond acceptors (Lipinski definition) is 4. The van der Waals surface area contributed by atoms with Gasteiger partial charge in [-0.25, -0.2) is 0 Å². The van der Waals surface area contributed by atoms with Gasteiger partial charge in [-0.05, 0) is 17.9 Å². The van der Waals surface area contributed by atoms with Gasteiger partial charge >= 0.3 is 0 Å². The van der Waals surface area contributed by atoms with Crippen LogP contribution in [0, 0.1) is 12.3 Å². The average Bonchev–Trinajstić information content (AvgIpc) is 2.88. The van der Waals surface area contributed by atoms with Crippen LogP contribution >= 0.6 is 0 Å². The Morgan fingerprint density at radius 1 is 1.28 bits per heavy atom. The summed E-state index contributed by atoms with van der Waals surface area (Å²) in [7, 11) is 0. The van der Waals surface area contributed by atoms with Gasteiger partial charge in [0, 0.05) is 18.4 Å². The van der Waals surface area contributed by atoms with E-state index in [0.717, 1.165) is 5.56 Å². The maximum absolute atomic E-state index is 12.7. The lowest BCUT2D eigenvalue weighted by atomic mass is 9.76. The van der Waals surface area contributed by atoms with Crippen LogP contribution in [0.4, 0.5) is 0 Å². The molecule has 0 fully saturated rings. The minimum absolute atomic E-state index is 0.0216. The fourth-order valence-corrected chi connectivity index (χ4v) is 3.44. The Kier molecular flexibility index (Phi) is 4.52. The minimum Gasteiger partial charge on any atom is -0.455 e. The molecule has 0 saturated heterocycles. The molecule has 1 atom stereocenters. The highest BCUT2D eigenvalue weighted by Gasteiger charge is 2.37. The molecule has 1 heterocycles. The van der Waals surface area contributed by atoms with Crippen LogP contribution in [-0.4, -0.2) is 23.4 Å². The van der Waals surface area contributed by atoms with Gasteiger partial charge < -0.3 is 14.8 Å². The molecule has 2 aromatic rings. The number of rotatable bonds is 4. The van der Waals surface area contributed by atoms with E-state index < -0.39 is 11.9 Å². The van der Waals surface area contributed by atoms with Crippen LogP contribution in [0.2, 0.25) is 0 Å². The molecule has 1 aromatic heterocycles. The van der Waals surface area contributed by atoms with E-state index >= 15 is 0 Å². The first-order valence-corrected chi connectivity index (χ1v) is 8.44. The topological polar surface area (TPSA) is 79.5 Å². The molecule has 0 bridgehead atoms. The minimum atomic E-state index is -0.526. The van der Waals surface area contributed by atoms with Gasteiger partial charge in [0.1, 0.15) is 5.76 Å². The second-order valence-corrected chi connectivity index (χ2v) is 7.41. The predicted octanol–water partition coefficient (Wildman–Crippen LogP) is 3.21. The third kappa shape index (κ3) is 3.37. The van der Waals surface area contributed by atoms with Crippen LogP contribution in [-0.2, 0) is 6.42 Å². The quantitative estimate of drug-likeness (QED) is 0.895. The average molecular weight is 341 g/mol. The second-order valence-electron chi connectivity index (χ2n) is 7.41. The molecule has 25 heavy (non-hydrogen) atoms. The number of aliphatic hydroxyl groups is 1. The highest BCUT2D eigenvalue weighted by molar-refractivity contribution is 6.03. The summed E-state index contributed by atoms with van der Waals surface area (Å²) in [5.41, 5.74) is 1.77. The lowest BCUT2D eigenvalue weighted by Crippen LogP contribution is -2.31. The summed E-state index contributed by atoms with van der Waals surface area (Å²) >= 11 is 0. The molecule has 3 rings (SSSR count). The summed E-state index contributed by atoms with van der Waals surface area (Å²) in [6, 6.07) is 8.73. The molecular formula is C20H23NO4. The lowest BCUT2D eigenvalue weighted by molar-refractivity contribution is 0.0870. The third-order valence-electron chi connectivity index (χ3n) is 4.67. The summed E-state index contributed by atoms with van der Waals surface area (Å²) in [4.78, 5) is 25.1. The van der Waals surface area contributed by atoms with Crippen molar-refractivity contribution in [2.24, 2.45) is 5.41 Å². The van der Waals surface area contributed by atoms with E-state index in [0.29, 0.717) is 29.7 Å². The van der Waals surface area contributed by atoms with Crippen LogP contribution in [0.1, 0.15) is 64.1 Å². The Morgan fingerprint density at radius 3 is 2.60 bits per heavy atom. The highest BCUT2D eigenvalue weighted by Crippen LogP contribution is 2.38. The Hall–Kier alpha value is -2.40. The number of carbonyl (C=O) groups is 2. The third-order valence-corrected chi connectivity index (χ3v) is 4.67. The van der Waals surface area contributed by atoms with Gasteiger partial charge in [0.15, 0.2) is 11.5 Å². The van der Waals surface area contributed by atoms with Gasteiger partial charge in [0.25, 0.3) is 5.91 Å². The first kappa shape index (κ1) is 17.4. The molecule has 1 aliphatic rings. The molecule has 1 amide bonds. The van der Waals surface area contributed by atoms with Crippen LogP contribution in [0.15, 0.2) is 34.7 Å². The smallest absolute Gasteiger partial charge is 0.287 e. The number of amides is 1. The van der Waals surface area contributed by atoms with E-state index in [1.54, 1.807) is 6.92 Å². The number of Topliss-reactive ketones (excluding diaryl/α,β-unsaturated/α-hetero) is 1. The molecule has 2 N–H and O–H groups in total. The fourth-order valence-electron chi connectivity index (χ4n) is 3.44. The molecule has 1 aromatic carbocycles. The van der Waals surface area contributed by atoms with Crippen molar-refractivity contribution in [2.45, 2.75) is 39.7 Å². The summed E-state index contributed by atoms with van der Waals surface area (Å²) in [5, 5.41) is 12.4. The first-order chi connectivity index (χ1) is 11.8. The SMILES string of the molecule is Cc1c(C(=O)NC(CO)c2ccccc2)oc2c1C(=O)CC(C)(C)C2. The standard InChI is InChI=1S/C20H23NO4/c1-12-17-15(23)9-20(2,3)10-16(17)25-18(12)19(24)21-14(11-22)13-7-5-4-6-8-13/h4-8,14,22H,9-11H2,1-3H3,(H,21,24). The predicted molar refractivity (Wildman–Crippen MR) is 93.6 cm³/mol. The zero-order valence-electron chi connectivity index (χ0n) is 14.8. The van der Waals surface area contributed by atoms with Crippen molar-refractivity contribution in [3.63, 3.8) is 0 Å². The zero-order valence-corrected chi connectivity index (χ0v) is 14.8. The molecule has 5 heteroatoms. The van der Waals surface area contributed by atoms with E-state index in [2.05, 4.69) is 5.32 Å².